The molecule has 0 aliphatic carbocycles. The smallest absolute Gasteiger partial charge is 0.277 e. The van der Waals surface area contributed by atoms with Crippen molar-refractivity contribution in [1.29, 1.82) is 0 Å². The molecule has 4 aliphatic heterocycles. The quantitative estimate of drug-likeness (QED) is 0.0176. The summed E-state index contributed by atoms with van der Waals surface area (Å²) in [6.07, 6.45) is -11.9. The first-order chi connectivity index (χ1) is 88.1. The fourth-order valence-corrected chi connectivity index (χ4v) is 19.3. The highest BCUT2D eigenvalue weighted by molar-refractivity contribution is 7.90. The molecule has 0 spiro atoms. The van der Waals surface area contributed by atoms with E-state index in [9.17, 15) is 52.8 Å². The second-order valence-corrected chi connectivity index (χ2v) is 39.9. The van der Waals surface area contributed by atoms with Crippen LogP contribution in [0.15, 0.2) is 112 Å². The molecular weight excluding hydrogens is 1920 g/mol. The van der Waals surface area contributed by atoms with Crippen LogP contribution in [0.5, 0.6) is 23.0 Å². The Labute approximate surface area is 911 Å². The first-order valence-corrected chi connectivity index (χ1v) is 51.8. The molecule has 4 aliphatic rings. The van der Waals surface area contributed by atoms with Crippen molar-refractivity contribution >= 4 is 84.2 Å². The van der Waals surface area contributed by atoms with Gasteiger partial charge in [0.15, 0.2) is 22.1 Å². The molecule has 5 unspecified atom stereocenters. The van der Waals surface area contributed by atoms with Crippen LogP contribution in [0.2, 0.25) is 0 Å². The van der Waals surface area contributed by atoms with E-state index in [0.717, 1.165) is 62.1 Å². The number of rotatable bonds is 44. The lowest BCUT2D eigenvalue weighted by atomic mass is 10.1. The Kier molecular flexibility index (Phi) is 21.3. The van der Waals surface area contributed by atoms with E-state index >= 15 is 0 Å². The first kappa shape index (κ1) is 61.5. The lowest BCUT2D eigenvalue weighted by Crippen LogP contribution is -2.31. The van der Waals surface area contributed by atoms with E-state index in [-0.39, 0.29) is 222 Å². The number of aryl methyl sites for hydroxylation is 8. The highest BCUT2D eigenvalue weighted by atomic mass is 32.2. The summed E-state index contributed by atoms with van der Waals surface area (Å²) in [6.45, 7) is -31.1. The van der Waals surface area contributed by atoms with Gasteiger partial charge in [-0.25, -0.2) is 72.5 Å². The van der Waals surface area contributed by atoms with Gasteiger partial charge in [-0.3, -0.25) is 37.9 Å². The Morgan fingerprint density at radius 1 is 0.354 bits per heavy atom. The monoisotopic (exact) mass is 2110 g/mol. The predicted octanol–water partition coefficient (Wildman–Crippen LogP) is 11.3. The van der Waals surface area contributed by atoms with Gasteiger partial charge in [-0.15, -0.1) is 0 Å². The maximum atomic E-state index is 13.6. The topological polar surface area (TPSA) is 489 Å². The van der Waals surface area contributed by atoms with Crippen LogP contribution < -0.4 is 60.1 Å². The second kappa shape index (κ2) is 49.9. The van der Waals surface area contributed by atoms with Gasteiger partial charge in [0.1, 0.15) is 68.4 Å². The molecule has 0 radical (unpaired) electrons. The SMILES string of the molecule is [2H]C(NS(=O)(=O)c1ccc(OCCC)c(-c2nc3c(CCC([2H])([2H])[2H])nn(C([2H])([2H])[2H])c3c(=O)[nH]2)c1)C([2H])([2H])C1CCCN1C([2H])([2H])[2H].[2H]C([2H])([2H])CC([2H])([2H])c1nn(C([2H])([2H])[2H])c2c(=O)[nH]c(-c3cc(S(=O)(=O)NCC([2H])([2H])C4CCCN4C([2H])([2H])[2H])ccc3OCCC)nc12.[2H]C([2H])([2H])CCc1nn(C([2H])([2H])[2H])c2c(=O)[nH]c(-c3cc(S(=O)(=O)NC([2H])([2H])C([2H])([2H])C4CCCN4C([2H])([2H])[2H])ccc3OCCC)nc12.[2H]C([2H])([2H])CCc1nn(C([2H])([2H])[2H])c2c(=O)[nH]c(-c3cc(S(=O)(=O)NCC([2H])([2H])C4CCCN4C([2H])([2H])[2H])ccc3OCCC)nc12. The number of sulfonamides is 4. The first-order valence-electron chi connectivity index (χ1n) is 70.4. The fraction of sp³-hybridized carbons (Fsp3) is 0.560. The van der Waals surface area contributed by atoms with Gasteiger partial charge in [0, 0.05) is 145 Å². The van der Waals surface area contributed by atoms with E-state index in [4.69, 9.17) is 86.1 Å². The largest absolute Gasteiger partial charge is 0.493 e. The molecule has 784 valence electrons. The molecule has 4 aromatic carbocycles. The predicted molar refractivity (Wildman–Crippen MR) is 559 cm³/mol. The average Bonchev–Trinajstić information content (AvgIpc) is 1.60. The van der Waals surface area contributed by atoms with Crippen LogP contribution >= 0.6 is 0 Å². The van der Waals surface area contributed by atoms with Crippen LogP contribution in [0.25, 0.3) is 89.7 Å². The summed E-state index contributed by atoms with van der Waals surface area (Å²) >= 11 is 0. The van der Waals surface area contributed by atoms with Crippen molar-refractivity contribution in [2.24, 2.45) is 27.9 Å². The van der Waals surface area contributed by atoms with Gasteiger partial charge in [-0.05, 0) is 255 Å². The highest BCUT2D eigenvalue weighted by Gasteiger charge is 2.32. The average molecular weight is 2120 g/mol. The van der Waals surface area contributed by atoms with E-state index in [1.54, 1.807) is 18.6 Å². The summed E-state index contributed by atoms with van der Waals surface area (Å²) < 4.78 is 528. The second-order valence-electron chi connectivity index (χ2n) is 32.9. The number of likely N-dealkylation sites (tertiary alicyclic amines) is 4. The summed E-state index contributed by atoms with van der Waals surface area (Å²) in [5, 5.41) is 15.7. The van der Waals surface area contributed by atoms with Gasteiger partial charge >= 0.3 is 0 Å². The number of nitrogens with zero attached hydrogens (tertiary/aromatic N) is 16. The number of ether oxygens (including phenoxy) is 4. The normalized spacial score (nSPS) is 23.6. The summed E-state index contributed by atoms with van der Waals surface area (Å²) in [4.78, 5) is 82.6. The van der Waals surface area contributed by atoms with Crippen molar-refractivity contribution in [2.75, 3.05) is 107 Å². The number of hydrogen-bond acceptors (Lipinski definition) is 28. The minimum atomic E-state index is -4.91. The standard InChI is InChI=1S/4C25H36N6O4S/c4*1-5-8-20-22-23(31(4)29-20)25(32)28-24(27-22)19-16-18(10-11-21(19)35-15-6-2)36(33,34)26-13-12-17-9-7-14-30(17)3/h4*10-11,16-17,26H,5-9,12-15H2,1-4H3,(H,27,28,32)/i1D3,3D3,4D3,12D2,13D2;1D3,3D3,4D3,12D2,13D;1D3,3D3,4D3,8D2,12D2;1D3,3D3,4D3,12D2. The number of H-pyrrole nitrogens is 4. The van der Waals surface area contributed by atoms with Crippen molar-refractivity contribution in [1.82, 2.24) is 117 Å². The third-order valence-corrected chi connectivity index (χ3v) is 28.1. The van der Waals surface area contributed by atoms with E-state index in [1.165, 1.54) is 30.3 Å². The molecular formula is C100H144N24O16S4. The molecule has 44 heteroatoms. The van der Waals surface area contributed by atoms with Gasteiger partial charge in [0.05, 0.1) is 91.0 Å². The number of nitrogens with one attached hydrogen (secondary N) is 8. The van der Waals surface area contributed by atoms with Crippen molar-refractivity contribution in [3.63, 3.8) is 0 Å². The van der Waals surface area contributed by atoms with E-state index in [2.05, 4.69) is 69.7 Å². The third-order valence-electron chi connectivity index (χ3n) is 22.7. The molecule has 8 N–H and O–H groups in total. The van der Waals surface area contributed by atoms with Gasteiger partial charge in [-0.1, -0.05) is 80.8 Å². The molecule has 8 aromatic heterocycles. The molecule has 40 nitrogen and oxygen atoms in total. The number of aromatic nitrogens is 16. The zero-order valence-electron chi connectivity index (χ0n) is 128. The van der Waals surface area contributed by atoms with Crippen LogP contribution in [0.3, 0.4) is 0 Å². The number of hydrogen-bond donors (Lipinski definition) is 8. The van der Waals surface area contributed by atoms with E-state index in [0.29, 0.717) is 59.0 Å². The Hall–Kier alpha value is -11.0. The number of benzene rings is 4. The van der Waals surface area contributed by atoms with Crippen LogP contribution in [-0.2, 0) is 93.6 Å². The minimum Gasteiger partial charge on any atom is -0.493 e. The van der Waals surface area contributed by atoms with Gasteiger partial charge in [0.25, 0.3) is 22.2 Å². The molecule has 0 saturated carbocycles. The molecule has 0 amide bonds. The van der Waals surface area contributed by atoms with Gasteiger partial charge in [-0.2, -0.15) is 20.4 Å². The van der Waals surface area contributed by atoms with Gasteiger partial charge in [0.2, 0.25) is 40.1 Å². The van der Waals surface area contributed by atoms with Crippen molar-refractivity contribution < 1.29 is 120 Å². The Bertz CT molecular complexity index is 9390. The van der Waals surface area contributed by atoms with Crippen LogP contribution in [-0.4, -0.2) is 263 Å². The minimum absolute atomic E-state index is 0.00360. The van der Waals surface area contributed by atoms with Crippen molar-refractivity contribution in [2.45, 2.75) is 253 Å². The number of fused-ring (bicyclic) bond motifs is 4. The fourth-order valence-electron chi connectivity index (χ4n) is 15.6. The van der Waals surface area contributed by atoms with E-state index < -0.39 is 295 Å². The Morgan fingerprint density at radius 3 is 0.938 bits per heavy atom. The maximum Gasteiger partial charge on any atom is 0.277 e. The molecule has 0 bridgehead atoms. The van der Waals surface area contributed by atoms with Crippen LogP contribution in [0.4, 0.5) is 0 Å². The highest BCUT2D eigenvalue weighted by Crippen LogP contribution is 2.38. The summed E-state index contributed by atoms with van der Waals surface area (Å²) in [5.41, 5.74) is -8.50. The summed E-state index contributed by atoms with van der Waals surface area (Å²) in [7, 11) is -18.5. The molecule has 12 heterocycles. The molecule has 4 fully saturated rings. The molecule has 16 rings (SSSR count). The maximum absolute atomic E-state index is 13.6. The number of aromatic amines is 4. The molecule has 4 saturated heterocycles. The Balaban J connectivity index is 0.000000207. The van der Waals surface area contributed by atoms with Gasteiger partial charge < -0.3 is 58.5 Å². The van der Waals surface area contributed by atoms with Crippen molar-refractivity contribution in [3.8, 4) is 68.5 Å². The molecule has 12 aromatic rings. The van der Waals surface area contributed by atoms with Crippen LogP contribution in [0, 0.1) is 0 Å². The van der Waals surface area contributed by atoms with E-state index in [1.807, 2.05) is 18.6 Å². The third kappa shape index (κ3) is 26.5. The lowest BCUT2D eigenvalue weighted by Gasteiger charge is -2.19. The summed E-state index contributed by atoms with van der Waals surface area (Å²) in [5.74, 6) is -0.919. The zero-order valence-corrected chi connectivity index (χ0v) is 81.9. The molecule has 5 atom stereocenters. The van der Waals surface area contributed by atoms with Crippen LogP contribution in [0.1, 0.15) is 273 Å². The van der Waals surface area contributed by atoms with Crippen molar-refractivity contribution in [3.05, 3.63) is 137 Å². The lowest BCUT2D eigenvalue weighted by molar-refractivity contribution is 0.297. The zero-order chi connectivity index (χ0) is 145. The Morgan fingerprint density at radius 2 is 0.639 bits per heavy atom. The molecule has 144 heavy (non-hydrogen) atoms. The summed E-state index contributed by atoms with van der Waals surface area (Å²) in [6, 6.07) is 9.01.